The number of alkyl halides is 2. The first kappa shape index (κ1) is 15.0. The Bertz CT molecular complexity index is 149. The molecule has 0 aromatic rings. The van der Waals surface area contributed by atoms with Crippen LogP contribution in [0, 0.1) is 0 Å². The third kappa shape index (κ3) is 9.45. The van der Waals surface area contributed by atoms with Gasteiger partial charge in [0.05, 0.1) is 0 Å². The van der Waals surface area contributed by atoms with E-state index in [-0.39, 0.29) is 25.4 Å². The first-order chi connectivity index (χ1) is 5.54. The molecule has 0 rings (SSSR count). The topological polar surface area (TPSA) is 75.3 Å². The molecule has 7 heteroatoms. The van der Waals surface area contributed by atoms with Gasteiger partial charge in [-0.05, 0) is 12.8 Å². The lowest BCUT2D eigenvalue weighted by Gasteiger charge is -2.06. The quantitative estimate of drug-likeness (QED) is 0.446. The third-order valence-corrected chi connectivity index (χ3v) is 1.31. The Balaban J connectivity index is 0. The van der Waals surface area contributed by atoms with Crippen LogP contribution in [0.4, 0.5) is 8.78 Å². The monoisotopic (exact) mass is 218 g/mol. The number of carbonyl (C=O) groups is 1. The molecule has 1 atom stereocenters. The van der Waals surface area contributed by atoms with Gasteiger partial charge in [0.15, 0.2) is 0 Å². The number of nitrogens with one attached hydrogen (secondary N) is 1. The summed E-state index contributed by atoms with van der Waals surface area (Å²) >= 11 is 0. The molecule has 80 valence electrons. The molecule has 0 bridgehead atoms. The van der Waals surface area contributed by atoms with Crippen LogP contribution < -0.4 is 11.1 Å². The van der Waals surface area contributed by atoms with Gasteiger partial charge in [0.2, 0.25) is 0 Å². The van der Waals surface area contributed by atoms with Crippen molar-refractivity contribution in [1.29, 1.82) is 0 Å². The van der Waals surface area contributed by atoms with Crippen molar-refractivity contribution in [3.63, 3.8) is 0 Å². The fourth-order valence-corrected chi connectivity index (χ4v) is 0.657. The molecule has 0 fully saturated rings. The molecule has 0 saturated carbocycles. The zero-order valence-corrected chi connectivity index (χ0v) is 7.69. The van der Waals surface area contributed by atoms with Crippen LogP contribution in [0.15, 0.2) is 0 Å². The average Bonchev–Trinajstić information content (AvgIpc) is 1.97. The Hall–Kier alpha value is -0.460. The summed E-state index contributed by atoms with van der Waals surface area (Å²) in [5.41, 5.74) is 5.12. The Kier molecular flexibility index (Phi) is 9.43. The second kappa shape index (κ2) is 8.15. The third-order valence-electron chi connectivity index (χ3n) is 1.31. The highest BCUT2D eigenvalue weighted by atomic mass is 35.5. The van der Waals surface area contributed by atoms with Gasteiger partial charge in [0.25, 0.3) is 6.55 Å². The number of halogens is 3. The lowest BCUT2D eigenvalue weighted by molar-refractivity contribution is -0.138. The molecule has 1 unspecified atom stereocenters. The van der Waals surface area contributed by atoms with Crippen molar-refractivity contribution in [2.45, 2.75) is 25.4 Å². The first-order valence-electron chi connectivity index (χ1n) is 3.54. The molecule has 0 spiro atoms. The summed E-state index contributed by atoms with van der Waals surface area (Å²) in [6, 6.07) is -0.954. The summed E-state index contributed by atoms with van der Waals surface area (Å²) < 4.78 is 22.9. The van der Waals surface area contributed by atoms with Gasteiger partial charge in [-0.3, -0.25) is 10.1 Å². The number of carboxylic acids is 1. The van der Waals surface area contributed by atoms with Crippen LogP contribution in [0.3, 0.4) is 0 Å². The van der Waals surface area contributed by atoms with Crippen LogP contribution >= 0.6 is 12.4 Å². The van der Waals surface area contributed by atoms with E-state index in [0.717, 1.165) is 0 Å². The van der Waals surface area contributed by atoms with Gasteiger partial charge in [0.1, 0.15) is 6.04 Å². The summed E-state index contributed by atoms with van der Waals surface area (Å²) in [4.78, 5) is 10.1. The Labute approximate surface area is 80.9 Å². The Morgan fingerprint density at radius 3 is 2.46 bits per heavy atom. The minimum Gasteiger partial charge on any atom is -0.480 e. The second-order valence-electron chi connectivity index (χ2n) is 2.34. The molecule has 0 heterocycles. The fraction of sp³-hybridized carbons (Fsp3) is 0.833. The maximum Gasteiger partial charge on any atom is 0.320 e. The van der Waals surface area contributed by atoms with Crippen molar-refractivity contribution in [3.05, 3.63) is 0 Å². The van der Waals surface area contributed by atoms with E-state index < -0.39 is 18.6 Å². The second-order valence-corrected chi connectivity index (χ2v) is 2.34. The SMILES string of the molecule is Cl.NC(CCCNC(F)F)C(=O)O. The highest BCUT2D eigenvalue weighted by Crippen LogP contribution is 1.94. The van der Waals surface area contributed by atoms with E-state index in [9.17, 15) is 13.6 Å². The number of aliphatic carboxylic acids is 1. The van der Waals surface area contributed by atoms with E-state index in [1.54, 1.807) is 0 Å². The molecule has 0 saturated heterocycles. The van der Waals surface area contributed by atoms with E-state index in [0.29, 0.717) is 6.42 Å². The van der Waals surface area contributed by atoms with E-state index in [1.165, 1.54) is 0 Å². The molecule has 13 heavy (non-hydrogen) atoms. The summed E-state index contributed by atoms with van der Waals surface area (Å²) in [7, 11) is 0. The lowest BCUT2D eigenvalue weighted by Crippen LogP contribution is -2.31. The van der Waals surface area contributed by atoms with Crippen LogP contribution in [0.25, 0.3) is 0 Å². The van der Waals surface area contributed by atoms with Crippen LogP contribution in [0.2, 0.25) is 0 Å². The van der Waals surface area contributed by atoms with E-state index in [1.807, 2.05) is 5.32 Å². The molecule has 4 N–H and O–H groups in total. The largest absolute Gasteiger partial charge is 0.480 e. The molecular weight excluding hydrogens is 206 g/mol. The van der Waals surface area contributed by atoms with Crippen LogP contribution in [0.1, 0.15) is 12.8 Å². The maximum absolute atomic E-state index is 11.5. The van der Waals surface area contributed by atoms with Crippen LogP contribution in [-0.2, 0) is 4.79 Å². The van der Waals surface area contributed by atoms with Crippen molar-refractivity contribution in [2.75, 3.05) is 6.54 Å². The van der Waals surface area contributed by atoms with Crippen molar-refractivity contribution in [3.8, 4) is 0 Å². The average molecular weight is 219 g/mol. The minimum absolute atomic E-state index is 0. The smallest absolute Gasteiger partial charge is 0.320 e. The highest BCUT2D eigenvalue weighted by molar-refractivity contribution is 5.85. The summed E-state index contributed by atoms with van der Waals surface area (Å²) in [5.74, 6) is -1.10. The normalized spacial score (nSPS) is 12.3. The number of nitrogens with two attached hydrogens (primary N) is 1. The first-order valence-corrected chi connectivity index (χ1v) is 3.54. The van der Waals surface area contributed by atoms with Crippen molar-refractivity contribution >= 4 is 18.4 Å². The molecular formula is C6H13ClF2N2O2. The molecule has 0 amide bonds. The summed E-state index contributed by atoms with van der Waals surface area (Å²) in [5, 5.41) is 10.2. The molecule has 0 aliphatic heterocycles. The predicted molar refractivity (Wildman–Crippen MR) is 46.1 cm³/mol. The fourth-order valence-electron chi connectivity index (χ4n) is 0.657. The molecule has 0 radical (unpaired) electrons. The lowest BCUT2D eigenvalue weighted by atomic mass is 10.2. The molecule has 0 aliphatic carbocycles. The van der Waals surface area contributed by atoms with Gasteiger partial charge >= 0.3 is 5.97 Å². The van der Waals surface area contributed by atoms with Gasteiger partial charge in [-0.1, -0.05) is 0 Å². The maximum atomic E-state index is 11.5. The van der Waals surface area contributed by atoms with Gasteiger partial charge in [-0.25, -0.2) is 0 Å². The van der Waals surface area contributed by atoms with Crippen molar-refractivity contribution in [1.82, 2.24) is 5.32 Å². The van der Waals surface area contributed by atoms with Crippen LogP contribution in [-0.4, -0.2) is 30.2 Å². The Morgan fingerprint density at radius 2 is 2.08 bits per heavy atom. The minimum atomic E-state index is -2.55. The van der Waals surface area contributed by atoms with Gasteiger partial charge in [-0.15, -0.1) is 12.4 Å². The van der Waals surface area contributed by atoms with Crippen molar-refractivity contribution < 1.29 is 18.7 Å². The molecule has 0 aliphatic rings. The summed E-state index contributed by atoms with van der Waals surface area (Å²) in [6.07, 6.45) is 0.535. The number of rotatable bonds is 6. The van der Waals surface area contributed by atoms with E-state index in [4.69, 9.17) is 10.8 Å². The number of carboxylic acid groups (broad SMARTS) is 1. The molecule has 0 aromatic carbocycles. The standard InChI is InChI=1S/C6H12F2N2O2.ClH/c7-6(8)10-3-1-2-4(9)5(11)12;/h4,6,10H,1-3,9H2,(H,11,12);1H. The van der Waals surface area contributed by atoms with Crippen molar-refractivity contribution in [2.24, 2.45) is 5.73 Å². The number of hydrogen-bond acceptors (Lipinski definition) is 3. The van der Waals surface area contributed by atoms with Gasteiger partial charge in [-0.2, -0.15) is 8.78 Å². The Morgan fingerprint density at radius 1 is 1.54 bits per heavy atom. The molecule has 4 nitrogen and oxygen atoms in total. The molecule has 0 aromatic heterocycles. The zero-order valence-electron chi connectivity index (χ0n) is 6.87. The van der Waals surface area contributed by atoms with E-state index >= 15 is 0 Å². The van der Waals surface area contributed by atoms with E-state index in [2.05, 4.69) is 0 Å². The zero-order chi connectivity index (χ0) is 9.56. The highest BCUT2D eigenvalue weighted by Gasteiger charge is 2.10. The van der Waals surface area contributed by atoms with Gasteiger partial charge in [0, 0.05) is 6.54 Å². The number of hydrogen-bond donors (Lipinski definition) is 3. The summed E-state index contributed by atoms with van der Waals surface area (Å²) in [6.45, 7) is -2.47. The predicted octanol–water partition coefficient (Wildman–Crippen LogP) is 0.412. The van der Waals surface area contributed by atoms with Crippen LogP contribution in [0.5, 0.6) is 0 Å². The van der Waals surface area contributed by atoms with Gasteiger partial charge < -0.3 is 10.8 Å².